The van der Waals surface area contributed by atoms with Crippen molar-refractivity contribution in [1.29, 1.82) is 0 Å². The molecule has 0 spiro atoms. The molecule has 0 aliphatic heterocycles. The molecule has 156 valence electrons. The zero-order chi connectivity index (χ0) is 21.8. The summed E-state index contributed by atoms with van der Waals surface area (Å²) in [6.07, 6.45) is 1.42. The molecule has 1 amide bonds. The highest BCUT2D eigenvalue weighted by atomic mass is 19.1. The first-order valence-electron chi connectivity index (χ1n) is 9.71. The first-order chi connectivity index (χ1) is 15.0. The van der Waals surface area contributed by atoms with Gasteiger partial charge in [0.25, 0.3) is 11.5 Å². The summed E-state index contributed by atoms with van der Waals surface area (Å²) >= 11 is 0. The first kappa shape index (κ1) is 20.2. The molecule has 2 aromatic heterocycles. The zero-order valence-corrected chi connectivity index (χ0v) is 16.8. The molecule has 0 atom stereocenters. The maximum Gasteiger partial charge on any atom is 0.269 e. The molecule has 7 nitrogen and oxygen atoms in total. The summed E-state index contributed by atoms with van der Waals surface area (Å²) < 4.78 is 16.0. The summed E-state index contributed by atoms with van der Waals surface area (Å²) in [5.74, 6) is -0.627. The van der Waals surface area contributed by atoms with Gasteiger partial charge in [-0.1, -0.05) is 30.3 Å². The van der Waals surface area contributed by atoms with E-state index >= 15 is 0 Å². The second kappa shape index (κ2) is 8.74. The second-order valence-corrected chi connectivity index (χ2v) is 6.97. The predicted molar refractivity (Wildman–Crippen MR) is 115 cm³/mol. The lowest BCUT2D eigenvalue weighted by molar-refractivity contribution is 0.0942. The van der Waals surface area contributed by atoms with Gasteiger partial charge in [0.15, 0.2) is 0 Å². The van der Waals surface area contributed by atoms with Crippen molar-refractivity contribution in [2.45, 2.75) is 6.54 Å². The van der Waals surface area contributed by atoms with Crippen LogP contribution in [0.25, 0.3) is 22.5 Å². The molecule has 31 heavy (non-hydrogen) atoms. The van der Waals surface area contributed by atoms with Crippen molar-refractivity contribution in [2.75, 3.05) is 6.54 Å². The van der Waals surface area contributed by atoms with E-state index < -0.39 is 0 Å². The fraction of sp³-hybridized carbons (Fsp3) is 0.130. The predicted octanol–water partition coefficient (Wildman–Crippen LogP) is 2.88. The monoisotopic (exact) mass is 417 g/mol. The van der Waals surface area contributed by atoms with E-state index in [4.69, 9.17) is 0 Å². The van der Waals surface area contributed by atoms with Gasteiger partial charge in [-0.25, -0.2) is 9.37 Å². The number of nitrogens with one attached hydrogen (secondary N) is 1. The van der Waals surface area contributed by atoms with E-state index in [1.54, 1.807) is 25.2 Å². The molecule has 8 heteroatoms. The van der Waals surface area contributed by atoms with Gasteiger partial charge in [-0.15, -0.1) is 0 Å². The van der Waals surface area contributed by atoms with E-state index in [1.165, 1.54) is 33.8 Å². The zero-order valence-electron chi connectivity index (χ0n) is 16.8. The van der Waals surface area contributed by atoms with Crippen molar-refractivity contribution >= 4 is 5.91 Å². The largest absolute Gasteiger partial charge is 0.349 e. The average Bonchev–Trinajstić information content (AvgIpc) is 3.18. The molecule has 4 aromatic rings. The Morgan fingerprint density at radius 2 is 1.71 bits per heavy atom. The molecule has 4 rings (SSSR count). The first-order valence-corrected chi connectivity index (χ1v) is 9.71. The molecule has 0 fully saturated rings. The highest BCUT2D eigenvalue weighted by Crippen LogP contribution is 2.18. The molecular weight excluding hydrogens is 397 g/mol. The van der Waals surface area contributed by atoms with E-state index in [-0.39, 0.29) is 30.4 Å². The summed E-state index contributed by atoms with van der Waals surface area (Å²) in [6, 6.07) is 18.5. The normalized spacial score (nSPS) is 10.8. The Hall–Kier alpha value is -4.07. The number of aryl methyl sites for hydroxylation is 1. The fourth-order valence-corrected chi connectivity index (χ4v) is 3.18. The number of carbonyl (C=O) groups is 1. The fourth-order valence-electron chi connectivity index (χ4n) is 3.18. The maximum atomic E-state index is 13.1. The van der Waals surface area contributed by atoms with Crippen LogP contribution in [0.1, 0.15) is 10.5 Å². The van der Waals surface area contributed by atoms with Gasteiger partial charge in [-0.3, -0.25) is 18.8 Å². The van der Waals surface area contributed by atoms with Crippen LogP contribution in [-0.4, -0.2) is 31.8 Å². The summed E-state index contributed by atoms with van der Waals surface area (Å²) in [5, 5.41) is 7.20. The van der Waals surface area contributed by atoms with Gasteiger partial charge in [0, 0.05) is 37.3 Å². The quantitative estimate of drug-likeness (QED) is 0.523. The lowest BCUT2D eigenvalue weighted by Crippen LogP contribution is -2.31. The molecule has 0 bridgehead atoms. The standard InChI is InChI=1S/C23H20FN5O2/c1-28-21(13-20(27-28)16-5-3-2-4-6-16)23(31)25-11-12-29-15-26-19(14-22(29)30)17-7-9-18(24)10-8-17/h2-10,13-15H,11-12H2,1H3,(H,25,31). The van der Waals surface area contributed by atoms with Crippen LogP contribution < -0.4 is 10.9 Å². The molecule has 2 aromatic carbocycles. The van der Waals surface area contributed by atoms with Crippen LogP contribution >= 0.6 is 0 Å². The van der Waals surface area contributed by atoms with Crippen LogP contribution in [0.4, 0.5) is 4.39 Å². The van der Waals surface area contributed by atoms with Crippen LogP contribution in [0.15, 0.2) is 77.9 Å². The van der Waals surface area contributed by atoms with Crippen molar-refractivity contribution in [3.8, 4) is 22.5 Å². The molecule has 0 saturated carbocycles. The molecule has 1 N–H and O–H groups in total. The number of carbonyl (C=O) groups excluding carboxylic acids is 1. The van der Waals surface area contributed by atoms with Crippen molar-refractivity contribution in [1.82, 2.24) is 24.6 Å². The number of aromatic nitrogens is 4. The maximum absolute atomic E-state index is 13.1. The van der Waals surface area contributed by atoms with Crippen LogP contribution in [0.5, 0.6) is 0 Å². The topological polar surface area (TPSA) is 81.8 Å². The van der Waals surface area contributed by atoms with Crippen LogP contribution in [-0.2, 0) is 13.6 Å². The molecular formula is C23H20FN5O2. The lowest BCUT2D eigenvalue weighted by Gasteiger charge is -2.08. The van der Waals surface area contributed by atoms with E-state index in [9.17, 15) is 14.0 Å². The van der Waals surface area contributed by atoms with Crippen molar-refractivity contribution in [3.05, 3.63) is 94.9 Å². The minimum absolute atomic E-state index is 0.252. The summed E-state index contributed by atoms with van der Waals surface area (Å²) in [4.78, 5) is 29.2. The Balaban J connectivity index is 1.39. The van der Waals surface area contributed by atoms with Gasteiger partial charge in [0.2, 0.25) is 0 Å². The Labute approximate surface area is 177 Å². The van der Waals surface area contributed by atoms with Gasteiger partial charge in [0.1, 0.15) is 11.5 Å². The third kappa shape index (κ3) is 4.58. The van der Waals surface area contributed by atoms with Gasteiger partial charge < -0.3 is 5.32 Å². The number of benzene rings is 2. The summed E-state index contributed by atoms with van der Waals surface area (Å²) in [6.45, 7) is 0.521. The molecule has 0 unspecified atom stereocenters. The number of nitrogens with zero attached hydrogens (tertiary/aromatic N) is 4. The molecule has 0 saturated heterocycles. The lowest BCUT2D eigenvalue weighted by atomic mass is 10.1. The number of hydrogen-bond acceptors (Lipinski definition) is 4. The second-order valence-electron chi connectivity index (χ2n) is 6.97. The van der Waals surface area contributed by atoms with Crippen molar-refractivity contribution in [2.24, 2.45) is 7.05 Å². The van der Waals surface area contributed by atoms with E-state index in [1.807, 2.05) is 30.3 Å². The van der Waals surface area contributed by atoms with Gasteiger partial charge in [-0.2, -0.15) is 5.10 Å². The smallest absolute Gasteiger partial charge is 0.269 e. The minimum atomic E-state index is -0.350. The van der Waals surface area contributed by atoms with Gasteiger partial charge >= 0.3 is 0 Å². The summed E-state index contributed by atoms with van der Waals surface area (Å²) in [5.41, 5.74) is 2.94. The van der Waals surface area contributed by atoms with E-state index in [0.29, 0.717) is 22.6 Å². The Morgan fingerprint density at radius 1 is 1.00 bits per heavy atom. The number of amides is 1. The minimum Gasteiger partial charge on any atom is -0.349 e. The van der Waals surface area contributed by atoms with Crippen molar-refractivity contribution in [3.63, 3.8) is 0 Å². The number of rotatable bonds is 6. The van der Waals surface area contributed by atoms with Gasteiger partial charge in [-0.05, 0) is 30.3 Å². The van der Waals surface area contributed by atoms with Crippen molar-refractivity contribution < 1.29 is 9.18 Å². The average molecular weight is 417 g/mol. The highest BCUT2D eigenvalue weighted by molar-refractivity contribution is 5.93. The van der Waals surface area contributed by atoms with E-state index in [0.717, 1.165) is 5.56 Å². The van der Waals surface area contributed by atoms with Crippen LogP contribution in [0.2, 0.25) is 0 Å². The molecule has 0 aliphatic carbocycles. The van der Waals surface area contributed by atoms with Crippen LogP contribution in [0.3, 0.4) is 0 Å². The Bertz CT molecular complexity index is 1260. The third-order valence-electron chi connectivity index (χ3n) is 4.84. The molecule has 0 radical (unpaired) electrons. The number of hydrogen-bond donors (Lipinski definition) is 1. The summed E-state index contributed by atoms with van der Waals surface area (Å²) in [7, 11) is 1.71. The van der Waals surface area contributed by atoms with E-state index in [2.05, 4.69) is 15.4 Å². The molecule has 0 aliphatic rings. The highest BCUT2D eigenvalue weighted by Gasteiger charge is 2.14. The Morgan fingerprint density at radius 3 is 2.42 bits per heavy atom. The SMILES string of the molecule is Cn1nc(-c2ccccc2)cc1C(=O)NCCn1cnc(-c2ccc(F)cc2)cc1=O. The molecule has 2 heterocycles. The number of halogens is 1. The Kier molecular flexibility index (Phi) is 5.70. The van der Waals surface area contributed by atoms with Crippen LogP contribution in [0, 0.1) is 5.82 Å². The van der Waals surface area contributed by atoms with Gasteiger partial charge in [0.05, 0.1) is 17.7 Å². The third-order valence-corrected chi connectivity index (χ3v) is 4.84.